The summed E-state index contributed by atoms with van der Waals surface area (Å²) in [7, 11) is 0. The Labute approximate surface area is 193 Å². The topological polar surface area (TPSA) is 117 Å². The monoisotopic (exact) mass is 459 g/mol. The molecule has 1 aliphatic rings. The highest BCUT2D eigenvalue weighted by atomic mass is 16.6. The van der Waals surface area contributed by atoms with Crippen molar-refractivity contribution in [2.24, 2.45) is 4.99 Å². The minimum atomic E-state index is -0.790. The molecule has 2 heterocycles. The predicted octanol–water partition coefficient (Wildman–Crippen LogP) is 2.90. The standard InChI is InChI=1S/C25H21N3O6/c1-3-33-24(30)22-16(2)26-25-27(20(22)14-11-17-7-5-4-6-8-17)23(29)21(34-25)15-18-9-12-19(13-10-18)28(31)32/h4-15,20H,3H2,1-2H3/b14-11+,21-15+. The lowest BCUT2D eigenvalue weighted by Crippen LogP contribution is -2.38. The first-order valence-corrected chi connectivity index (χ1v) is 10.6. The number of carbonyl (C=O) groups excluding carboxylic acids is 1. The third kappa shape index (κ3) is 4.49. The summed E-state index contributed by atoms with van der Waals surface area (Å²) in [5.41, 5.74) is 1.54. The van der Waals surface area contributed by atoms with E-state index in [4.69, 9.17) is 9.15 Å². The number of nitrogens with zero attached hydrogens (tertiary/aromatic N) is 3. The summed E-state index contributed by atoms with van der Waals surface area (Å²) < 4.78 is 12.3. The lowest BCUT2D eigenvalue weighted by molar-refractivity contribution is -0.384. The first kappa shape index (κ1) is 22.7. The summed E-state index contributed by atoms with van der Waals surface area (Å²) in [4.78, 5) is 40.8. The fourth-order valence-electron chi connectivity index (χ4n) is 3.63. The van der Waals surface area contributed by atoms with Crippen LogP contribution in [0.2, 0.25) is 0 Å². The van der Waals surface area contributed by atoms with Crippen molar-refractivity contribution in [2.45, 2.75) is 19.9 Å². The Morgan fingerprint density at radius 3 is 2.53 bits per heavy atom. The number of hydrogen-bond donors (Lipinski definition) is 0. The Morgan fingerprint density at radius 2 is 1.88 bits per heavy atom. The van der Waals surface area contributed by atoms with Gasteiger partial charge in [0.1, 0.15) is 0 Å². The summed E-state index contributed by atoms with van der Waals surface area (Å²) in [6.45, 7) is 3.54. The lowest BCUT2D eigenvalue weighted by Gasteiger charge is -2.20. The number of oxazole rings is 1. The minimum Gasteiger partial charge on any atom is -0.463 e. The Kier molecular flexibility index (Phi) is 6.35. The number of rotatable bonds is 6. The van der Waals surface area contributed by atoms with Crippen LogP contribution in [0.5, 0.6) is 0 Å². The van der Waals surface area contributed by atoms with Crippen LogP contribution in [-0.2, 0) is 9.53 Å². The number of nitro benzene ring substituents is 1. The molecule has 1 atom stereocenters. The molecule has 0 amide bonds. The van der Waals surface area contributed by atoms with Crippen molar-refractivity contribution in [3.05, 3.63) is 115 Å². The highest BCUT2D eigenvalue weighted by Crippen LogP contribution is 2.26. The number of hydrogen-bond acceptors (Lipinski definition) is 7. The third-order valence-corrected chi connectivity index (χ3v) is 5.23. The largest absolute Gasteiger partial charge is 0.463 e. The molecule has 0 radical (unpaired) electrons. The quantitative estimate of drug-likeness (QED) is 0.318. The second kappa shape index (κ2) is 9.53. The maximum Gasteiger partial charge on any atom is 0.338 e. The molecule has 0 spiro atoms. The zero-order valence-electron chi connectivity index (χ0n) is 18.5. The smallest absolute Gasteiger partial charge is 0.338 e. The van der Waals surface area contributed by atoms with Gasteiger partial charge in [-0.3, -0.25) is 14.9 Å². The van der Waals surface area contributed by atoms with Gasteiger partial charge < -0.3 is 9.15 Å². The summed E-state index contributed by atoms with van der Waals surface area (Å²) in [5.74, 6) is -0.564. The van der Waals surface area contributed by atoms with Crippen molar-refractivity contribution in [3.8, 4) is 0 Å². The highest BCUT2D eigenvalue weighted by Gasteiger charge is 2.31. The second-order valence-corrected chi connectivity index (χ2v) is 7.46. The number of allylic oxidation sites excluding steroid dienone is 2. The molecule has 4 rings (SSSR count). The predicted molar refractivity (Wildman–Crippen MR) is 124 cm³/mol. The SMILES string of the molecule is CCOC(=O)C1=C(C)N=c2o/c(=C/c3ccc([N+](=O)[O-])cc3)c(=O)n2C1/C=C/c1ccccc1. The first-order chi connectivity index (χ1) is 16.4. The summed E-state index contributed by atoms with van der Waals surface area (Å²) in [6, 6.07) is 14.4. The molecule has 0 saturated heterocycles. The van der Waals surface area contributed by atoms with Gasteiger partial charge in [-0.05, 0) is 43.2 Å². The Balaban J connectivity index is 1.84. The number of nitro groups is 1. The number of ether oxygens (including phenoxy) is 1. The molecule has 3 aromatic rings. The number of non-ortho nitro benzene ring substituents is 1. The molecule has 0 bridgehead atoms. The number of aromatic nitrogens is 1. The van der Waals surface area contributed by atoms with Crippen molar-refractivity contribution in [2.75, 3.05) is 6.61 Å². The molecule has 0 aliphatic carbocycles. The van der Waals surface area contributed by atoms with E-state index in [-0.39, 0.29) is 29.0 Å². The zero-order valence-corrected chi connectivity index (χ0v) is 18.5. The number of esters is 1. The van der Waals surface area contributed by atoms with E-state index in [1.807, 2.05) is 36.4 Å². The molecule has 9 heteroatoms. The summed E-state index contributed by atoms with van der Waals surface area (Å²) >= 11 is 0. The van der Waals surface area contributed by atoms with Crippen LogP contribution >= 0.6 is 0 Å². The Bertz CT molecular complexity index is 1480. The number of carbonyl (C=O) groups is 1. The molecular weight excluding hydrogens is 438 g/mol. The molecule has 1 aromatic heterocycles. The molecule has 172 valence electrons. The van der Waals surface area contributed by atoms with Crippen LogP contribution in [0.4, 0.5) is 5.69 Å². The molecule has 2 aromatic carbocycles. The van der Waals surface area contributed by atoms with Crippen molar-refractivity contribution < 1.29 is 18.9 Å². The van der Waals surface area contributed by atoms with Gasteiger partial charge in [0, 0.05) is 12.1 Å². The van der Waals surface area contributed by atoms with Gasteiger partial charge in [-0.2, -0.15) is 0 Å². The van der Waals surface area contributed by atoms with E-state index in [2.05, 4.69) is 4.99 Å². The molecule has 9 nitrogen and oxygen atoms in total. The first-order valence-electron chi connectivity index (χ1n) is 10.6. The maximum absolute atomic E-state index is 13.3. The molecule has 0 fully saturated rings. The van der Waals surface area contributed by atoms with Crippen LogP contribution < -0.4 is 16.7 Å². The Hall–Kier alpha value is -4.53. The molecule has 34 heavy (non-hydrogen) atoms. The van der Waals surface area contributed by atoms with E-state index in [1.54, 1.807) is 19.9 Å². The average Bonchev–Trinajstić information content (AvgIpc) is 3.12. The maximum atomic E-state index is 13.3. The van der Waals surface area contributed by atoms with E-state index >= 15 is 0 Å². The summed E-state index contributed by atoms with van der Waals surface area (Å²) in [5, 5.41) is 10.9. The highest BCUT2D eigenvalue weighted by molar-refractivity contribution is 5.91. The molecule has 1 unspecified atom stereocenters. The van der Waals surface area contributed by atoms with E-state index in [9.17, 15) is 19.7 Å². The van der Waals surface area contributed by atoms with Gasteiger partial charge in [0.05, 0.1) is 28.8 Å². The molecule has 0 N–H and O–H groups in total. The van der Waals surface area contributed by atoms with E-state index in [0.717, 1.165) is 5.56 Å². The van der Waals surface area contributed by atoms with E-state index < -0.39 is 22.5 Å². The van der Waals surface area contributed by atoms with Crippen LogP contribution in [0.1, 0.15) is 31.0 Å². The summed E-state index contributed by atoms with van der Waals surface area (Å²) in [6.07, 6.45) is 5.02. The second-order valence-electron chi connectivity index (χ2n) is 7.46. The zero-order chi connectivity index (χ0) is 24.2. The average molecular weight is 459 g/mol. The van der Waals surface area contributed by atoms with Crippen LogP contribution in [-0.4, -0.2) is 22.1 Å². The van der Waals surface area contributed by atoms with Crippen LogP contribution in [0.25, 0.3) is 12.2 Å². The van der Waals surface area contributed by atoms with Crippen LogP contribution in [0.3, 0.4) is 0 Å². The van der Waals surface area contributed by atoms with Crippen LogP contribution in [0, 0.1) is 10.1 Å². The van der Waals surface area contributed by atoms with Crippen molar-refractivity contribution in [3.63, 3.8) is 0 Å². The fraction of sp³-hybridized carbons (Fsp3) is 0.160. The van der Waals surface area contributed by atoms with Crippen molar-refractivity contribution in [1.29, 1.82) is 0 Å². The lowest BCUT2D eigenvalue weighted by atomic mass is 10.0. The normalized spacial score (nSPS) is 15.8. The number of fused-ring (bicyclic) bond motifs is 1. The van der Waals surface area contributed by atoms with Gasteiger partial charge in [0.25, 0.3) is 11.2 Å². The van der Waals surface area contributed by atoms with E-state index in [0.29, 0.717) is 11.3 Å². The fourth-order valence-corrected chi connectivity index (χ4v) is 3.63. The van der Waals surface area contributed by atoms with Gasteiger partial charge in [-0.25, -0.2) is 14.4 Å². The molecular formula is C25H21N3O6. The Morgan fingerprint density at radius 1 is 1.18 bits per heavy atom. The van der Waals surface area contributed by atoms with Gasteiger partial charge in [0.15, 0.2) is 5.42 Å². The van der Waals surface area contributed by atoms with Crippen molar-refractivity contribution in [1.82, 2.24) is 4.57 Å². The minimum absolute atomic E-state index is 0.0105. The van der Waals surface area contributed by atoms with Gasteiger partial charge in [-0.15, -0.1) is 0 Å². The van der Waals surface area contributed by atoms with Crippen molar-refractivity contribution >= 4 is 23.8 Å². The van der Waals surface area contributed by atoms with E-state index in [1.165, 1.54) is 34.9 Å². The van der Waals surface area contributed by atoms with Gasteiger partial charge >= 0.3 is 11.7 Å². The van der Waals surface area contributed by atoms with Crippen LogP contribution in [0.15, 0.2) is 86.1 Å². The molecule has 1 aliphatic heterocycles. The number of benzene rings is 2. The molecule has 0 saturated carbocycles. The third-order valence-electron chi connectivity index (χ3n) is 5.23. The van der Waals surface area contributed by atoms with Gasteiger partial charge in [-0.1, -0.05) is 42.5 Å². The van der Waals surface area contributed by atoms with Gasteiger partial charge in [0.2, 0.25) is 0 Å².